The Morgan fingerprint density at radius 3 is 2.37 bits per heavy atom. The molecule has 1 N–H and O–H groups in total. The van der Waals surface area contributed by atoms with Gasteiger partial charge in [0.1, 0.15) is 12.3 Å². The summed E-state index contributed by atoms with van der Waals surface area (Å²) >= 11 is 3.51. The molecule has 10 nitrogen and oxygen atoms in total. The largest absolute Gasteiger partial charge is 0.494 e. The highest BCUT2D eigenvalue weighted by molar-refractivity contribution is 9.10. The zero-order chi connectivity index (χ0) is 31.1. The van der Waals surface area contributed by atoms with Gasteiger partial charge in [-0.15, -0.1) is 0 Å². The zero-order valence-electron chi connectivity index (χ0n) is 24.5. The number of carbonyl (C=O) groups is 1. The summed E-state index contributed by atoms with van der Waals surface area (Å²) in [5.41, 5.74) is 6.46. The van der Waals surface area contributed by atoms with Crippen LogP contribution in [0.25, 0.3) is 5.69 Å². The lowest BCUT2D eigenvalue weighted by atomic mass is 10.2. The van der Waals surface area contributed by atoms with Crippen molar-refractivity contribution in [2.75, 3.05) is 31.7 Å². The minimum absolute atomic E-state index is 0.0738. The van der Waals surface area contributed by atoms with E-state index in [4.69, 9.17) is 14.2 Å². The summed E-state index contributed by atoms with van der Waals surface area (Å²) in [6.45, 7) is 5.72. The molecule has 4 rings (SSSR count). The van der Waals surface area contributed by atoms with Crippen molar-refractivity contribution in [1.29, 1.82) is 0 Å². The molecular formula is C31H33BrN4O6S. The molecule has 0 spiro atoms. The van der Waals surface area contributed by atoms with Crippen molar-refractivity contribution in [2.24, 2.45) is 5.10 Å². The van der Waals surface area contributed by atoms with Crippen molar-refractivity contribution in [3.05, 3.63) is 94.2 Å². The molecule has 0 saturated carbocycles. The number of ether oxygens (including phenoxy) is 3. The van der Waals surface area contributed by atoms with E-state index in [9.17, 15) is 13.2 Å². The first-order chi connectivity index (χ1) is 20.6. The van der Waals surface area contributed by atoms with E-state index in [-0.39, 0.29) is 16.3 Å². The SMILES string of the molecule is CCOc1ccc(N(CC(=O)N/N=C\c2cc(C)n(-c3cccc(Br)c3)c2C)S(=O)(=O)c2ccc(OC)c(OC)c2)cc1. The average molecular weight is 670 g/mol. The maximum absolute atomic E-state index is 13.9. The predicted molar refractivity (Wildman–Crippen MR) is 170 cm³/mol. The fourth-order valence-corrected chi connectivity index (χ4v) is 6.39. The van der Waals surface area contributed by atoms with Crippen LogP contribution < -0.4 is 23.9 Å². The van der Waals surface area contributed by atoms with Gasteiger partial charge in [-0.2, -0.15) is 5.10 Å². The Morgan fingerprint density at radius 1 is 1.00 bits per heavy atom. The van der Waals surface area contributed by atoms with Crippen LogP contribution in [0.2, 0.25) is 0 Å². The van der Waals surface area contributed by atoms with E-state index in [1.807, 2.05) is 51.1 Å². The Hall–Kier alpha value is -4.29. The van der Waals surface area contributed by atoms with Crippen molar-refractivity contribution >= 4 is 43.8 Å². The molecule has 0 atom stereocenters. The van der Waals surface area contributed by atoms with Crippen molar-refractivity contribution in [3.8, 4) is 22.9 Å². The van der Waals surface area contributed by atoms with Crippen molar-refractivity contribution in [3.63, 3.8) is 0 Å². The first kappa shape index (κ1) is 31.6. The van der Waals surface area contributed by atoms with Gasteiger partial charge in [0, 0.05) is 33.2 Å². The number of hydrogen-bond donors (Lipinski definition) is 1. The van der Waals surface area contributed by atoms with Gasteiger partial charge in [-0.3, -0.25) is 9.10 Å². The Kier molecular flexibility index (Phi) is 10.1. The Labute approximate surface area is 260 Å². The van der Waals surface area contributed by atoms with E-state index in [0.29, 0.717) is 18.1 Å². The van der Waals surface area contributed by atoms with Crippen molar-refractivity contribution in [2.45, 2.75) is 25.7 Å². The number of methoxy groups -OCH3 is 2. The molecule has 43 heavy (non-hydrogen) atoms. The van der Waals surface area contributed by atoms with Gasteiger partial charge < -0.3 is 18.8 Å². The second-order valence-corrected chi connectivity index (χ2v) is 12.2. The van der Waals surface area contributed by atoms with E-state index >= 15 is 0 Å². The molecule has 12 heteroatoms. The molecule has 1 aromatic heterocycles. The first-order valence-electron chi connectivity index (χ1n) is 13.3. The van der Waals surface area contributed by atoms with Gasteiger partial charge in [0.2, 0.25) is 0 Å². The van der Waals surface area contributed by atoms with Crippen LogP contribution in [-0.2, 0) is 14.8 Å². The summed E-state index contributed by atoms with van der Waals surface area (Å²) in [5.74, 6) is 0.560. The third-order valence-electron chi connectivity index (χ3n) is 6.60. The summed E-state index contributed by atoms with van der Waals surface area (Å²) in [4.78, 5) is 13.0. The molecule has 0 saturated heterocycles. The fourth-order valence-electron chi connectivity index (χ4n) is 4.57. The highest BCUT2D eigenvalue weighted by Gasteiger charge is 2.28. The van der Waals surface area contributed by atoms with E-state index in [1.165, 1.54) is 32.4 Å². The van der Waals surface area contributed by atoms with Crippen molar-refractivity contribution < 1.29 is 27.4 Å². The van der Waals surface area contributed by atoms with Crippen LogP contribution in [0.15, 0.2) is 87.3 Å². The number of amides is 1. The van der Waals surface area contributed by atoms with Crippen LogP contribution in [0.1, 0.15) is 23.9 Å². The first-order valence-corrected chi connectivity index (χ1v) is 15.6. The van der Waals surface area contributed by atoms with Crippen LogP contribution in [0, 0.1) is 13.8 Å². The molecule has 0 bridgehead atoms. The third kappa shape index (κ3) is 7.20. The van der Waals surface area contributed by atoms with Gasteiger partial charge in [0.15, 0.2) is 11.5 Å². The van der Waals surface area contributed by atoms with E-state index in [0.717, 1.165) is 31.4 Å². The third-order valence-corrected chi connectivity index (χ3v) is 8.86. The number of aryl methyl sites for hydroxylation is 1. The number of sulfonamides is 1. The highest BCUT2D eigenvalue weighted by atomic mass is 79.9. The average Bonchev–Trinajstić information content (AvgIpc) is 3.28. The fraction of sp³-hybridized carbons (Fsp3) is 0.226. The molecule has 3 aromatic carbocycles. The quantitative estimate of drug-likeness (QED) is 0.155. The standard InChI is InChI=1S/C31H33BrN4O6S/c1-6-42-27-12-10-25(11-13-27)35(43(38,39)28-14-15-29(40-4)30(18-28)41-5)20-31(37)34-33-19-23-16-21(2)36(22(23)3)26-9-7-8-24(32)17-26/h7-19H,6,20H2,1-5H3,(H,34,37)/b33-19-. The highest BCUT2D eigenvalue weighted by Crippen LogP contribution is 2.32. The number of aromatic nitrogens is 1. The maximum atomic E-state index is 13.9. The second kappa shape index (κ2) is 13.8. The molecule has 0 aliphatic carbocycles. The van der Waals surface area contributed by atoms with Gasteiger partial charge in [-0.1, -0.05) is 22.0 Å². The summed E-state index contributed by atoms with van der Waals surface area (Å²) in [6, 6.07) is 20.6. The molecule has 0 fully saturated rings. The molecule has 0 aliphatic rings. The summed E-state index contributed by atoms with van der Waals surface area (Å²) in [6.07, 6.45) is 1.54. The summed E-state index contributed by atoms with van der Waals surface area (Å²) in [7, 11) is -1.34. The number of nitrogens with zero attached hydrogens (tertiary/aromatic N) is 3. The number of halogens is 1. The normalized spacial score (nSPS) is 11.4. The molecule has 4 aromatic rings. The molecule has 0 unspecified atom stereocenters. The van der Waals surface area contributed by atoms with E-state index in [1.54, 1.807) is 30.5 Å². The number of carbonyl (C=O) groups excluding carboxylic acids is 1. The van der Waals surface area contributed by atoms with Crippen LogP contribution in [0.3, 0.4) is 0 Å². The second-order valence-electron chi connectivity index (χ2n) is 9.39. The molecule has 1 amide bonds. The van der Waals surface area contributed by atoms with Gasteiger partial charge in [0.05, 0.1) is 37.6 Å². The number of hydrazone groups is 1. The van der Waals surface area contributed by atoms with Gasteiger partial charge in [-0.25, -0.2) is 13.8 Å². The maximum Gasteiger partial charge on any atom is 0.264 e. The smallest absolute Gasteiger partial charge is 0.264 e. The topological polar surface area (TPSA) is 111 Å². The molecule has 0 aliphatic heterocycles. The summed E-state index contributed by atoms with van der Waals surface area (Å²) < 4.78 is 47.8. The number of nitrogens with one attached hydrogen (secondary N) is 1. The van der Waals surface area contributed by atoms with Crippen LogP contribution in [-0.4, -0.2) is 52.5 Å². The molecule has 1 heterocycles. The number of rotatable bonds is 12. The zero-order valence-corrected chi connectivity index (χ0v) is 26.9. The Balaban J connectivity index is 1.59. The molecule has 0 radical (unpaired) electrons. The summed E-state index contributed by atoms with van der Waals surface area (Å²) in [5, 5.41) is 4.13. The number of hydrogen-bond acceptors (Lipinski definition) is 7. The lowest BCUT2D eigenvalue weighted by molar-refractivity contribution is -0.119. The van der Waals surface area contributed by atoms with Crippen LogP contribution >= 0.6 is 15.9 Å². The Bertz CT molecular complexity index is 1740. The number of benzene rings is 3. The van der Waals surface area contributed by atoms with Crippen LogP contribution in [0.5, 0.6) is 17.2 Å². The molecular weight excluding hydrogens is 636 g/mol. The van der Waals surface area contributed by atoms with Crippen molar-refractivity contribution in [1.82, 2.24) is 9.99 Å². The number of anilines is 1. The molecule has 226 valence electrons. The lowest BCUT2D eigenvalue weighted by Crippen LogP contribution is -2.39. The minimum atomic E-state index is -4.22. The van der Waals surface area contributed by atoms with Gasteiger partial charge >= 0.3 is 0 Å². The van der Waals surface area contributed by atoms with Gasteiger partial charge in [0.25, 0.3) is 15.9 Å². The predicted octanol–water partition coefficient (Wildman–Crippen LogP) is 5.62. The van der Waals surface area contributed by atoms with Crippen LogP contribution in [0.4, 0.5) is 5.69 Å². The van der Waals surface area contributed by atoms with E-state index in [2.05, 4.69) is 31.0 Å². The monoisotopic (exact) mass is 668 g/mol. The minimum Gasteiger partial charge on any atom is -0.494 e. The van der Waals surface area contributed by atoms with E-state index < -0.39 is 22.5 Å². The lowest BCUT2D eigenvalue weighted by Gasteiger charge is -2.24. The Morgan fingerprint density at radius 2 is 1.72 bits per heavy atom. The van der Waals surface area contributed by atoms with Gasteiger partial charge in [-0.05, 0) is 81.4 Å².